The summed E-state index contributed by atoms with van der Waals surface area (Å²) in [4.78, 5) is 23.6. The van der Waals surface area contributed by atoms with Gasteiger partial charge < -0.3 is 9.47 Å². The van der Waals surface area contributed by atoms with Crippen LogP contribution in [0.3, 0.4) is 0 Å². The van der Waals surface area contributed by atoms with Gasteiger partial charge in [-0.25, -0.2) is 0 Å². The van der Waals surface area contributed by atoms with Crippen LogP contribution < -0.4 is 0 Å². The maximum atomic E-state index is 12.0. The van der Waals surface area contributed by atoms with Crippen LogP contribution in [0.5, 0.6) is 0 Å². The molecule has 0 aliphatic rings. The zero-order chi connectivity index (χ0) is 19.6. The van der Waals surface area contributed by atoms with Crippen molar-refractivity contribution in [3.63, 3.8) is 0 Å². The SMILES string of the molecule is CCCCCCCCCCCCOC(=O)C(C)CCC(CC)C(=O)OC. The minimum atomic E-state index is -0.182. The van der Waals surface area contributed by atoms with Crippen molar-refractivity contribution in [3.8, 4) is 0 Å². The van der Waals surface area contributed by atoms with Gasteiger partial charge in [0.2, 0.25) is 0 Å². The predicted octanol–water partition coefficient (Wildman–Crippen LogP) is 6.07. The predicted molar refractivity (Wildman–Crippen MR) is 107 cm³/mol. The van der Waals surface area contributed by atoms with E-state index in [2.05, 4.69) is 6.92 Å². The third-order valence-electron chi connectivity index (χ3n) is 5.12. The highest BCUT2D eigenvalue weighted by atomic mass is 16.5. The van der Waals surface area contributed by atoms with Gasteiger partial charge in [0, 0.05) is 0 Å². The molecule has 0 radical (unpaired) electrons. The summed E-state index contributed by atoms with van der Waals surface area (Å²) in [5.41, 5.74) is 0. The smallest absolute Gasteiger partial charge is 0.308 e. The Balaban J connectivity index is 3.59. The standard InChI is InChI=1S/C22H42O4/c1-5-7-8-9-10-11-12-13-14-15-18-26-21(23)19(3)16-17-20(6-2)22(24)25-4/h19-20H,5-18H2,1-4H3. The van der Waals surface area contributed by atoms with Gasteiger partial charge in [0.05, 0.1) is 25.6 Å². The molecule has 0 rings (SSSR count). The van der Waals surface area contributed by atoms with E-state index in [4.69, 9.17) is 9.47 Å². The van der Waals surface area contributed by atoms with Gasteiger partial charge in [-0.3, -0.25) is 9.59 Å². The zero-order valence-electron chi connectivity index (χ0n) is 17.7. The second-order valence-corrected chi connectivity index (χ2v) is 7.46. The molecule has 0 aliphatic carbocycles. The first-order chi connectivity index (χ1) is 12.6. The van der Waals surface area contributed by atoms with E-state index < -0.39 is 0 Å². The molecule has 0 aromatic carbocycles. The first-order valence-electron chi connectivity index (χ1n) is 10.8. The third kappa shape index (κ3) is 13.2. The van der Waals surface area contributed by atoms with Crippen molar-refractivity contribution in [3.05, 3.63) is 0 Å². The lowest BCUT2D eigenvalue weighted by Crippen LogP contribution is -2.20. The molecule has 2 atom stereocenters. The second-order valence-electron chi connectivity index (χ2n) is 7.46. The molecule has 0 saturated carbocycles. The highest BCUT2D eigenvalue weighted by Gasteiger charge is 2.21. The number of unbranched alkanes of at least 4 members (excludes halogenated alkanes) is 9. The van der Waals surface area contributed by atoms with Crippen molar-refractivity contribution in [1.29, 1.82) is 0 Å². The first kappa shape index (κ1) is 24.9. The molecule has 0 fully saturated rings. The molecule has 26 heavy (non-hydrogen) atoms. The van der Waals surface area contributed by atoms with Gasteiger partial charge >= 0.3 is 11.9 Å². The summed E-state index contributed by atoms with van der Waals surface area (Å²) in [7, 11) is 1.41. The van der Waals surface area contributed by atoms with Gasteiger partial charge in [-0.1, -0.05) is 78.6 Å². The Morgan fingerprint density at radius 2 is 1.31 bits per heavy atom. The molecule has 0 saturated heterocycles. The molecule has 0 bridgehead atoms. The van der Waals surface area contributed by atoms with Crippen LogP contribution in [0.4, 0.5) is 0 Å². The summed E-state index contributed by atoms with van der Waals surface area (Å²) in [5, 5.41) is 0. The lowest BCUT2D eigenvalue weighted by molar-refractivity contribution is -0.150. The van der Waals surface area contributed by atoms with Gasteiger partial charge in [0.1, 0.15) is 0 Å². The van der Waals surface area contributed by atoms with Crippen LogP contribution >= 0.6 is 0 Å². The Morgan fingerprint density at radius 3 is 1.81 bits per heavy atom. The molecule has 4 heteroatoms. The zero-order valence-corrected chi connectivity index (χ0v) is 17.7. The maximum Gasteiger partial charge on any atom is 0.308 e. The van der Waals surface area contributed by atoms with Crippen LogP contribution in [0.25, 0.3) is 0 Å². The molecule has 0 aliphatic heterocycles. The number of methoxy groups -OCH3 is 1. The quantitative estimate of drug-likeness (QED) is 0.230. The molecule has 0 heterocycles. The van der Waals surface area contributed by atoms with E-state index in [1.54, 1.807) is 0 Å². The molecule has 0 N–H and O–H groups in total. The first-order valence-corrected chi connectivity index (χ1v) is 10.8. The number of esters is 2. The van der Waals surface area contributed by atoms with Crippen molar-refractivity contribution >= 4 is 11.9 Å². The van der Waals surface area contributed by atoms with Crippen molar-refractivity contribution in [2.24, 2.45) is 11.8 Å². The Kier molecular flexibility index (Phi) is 16.7. The molecular formula is C22H42O4. The molecule has 0 aromatic rings. The van der Waals surface area contributed by atoms with Crippen LogP contribution in [0.15, 0.2) is 0 Å². The topological polar surface area (TPSA) is 52.6 Å². The fourth-order valence-corrected chi connectivity index (χ4v) is 3.13. The summed E-state index contributed by atoms with van der Waals surface area (Å²) in [5.74, 6) is -0.590. The van der Waals surface area contributed by atoms with Crippen LogP contribution in [0.1, 0.15) is 104 Å². The molecule has 4 nitrogen and oxygen atoms in total. The highest BCUT2D eigenvalue weighted by Crippen LogP contribution is 2.18. The monoisotopic (exact) mass is 370 g/mol. The summed E-state index contributed by atoms with van der Waals surface area (Å²) >= 11 is 0. The van der Waals surface area contributed by atoms with E-state index in [0.29, 0.717) is 19.4 Å². The largest absolute Gasteiger partial charge is 0.469 e. The Bertz CT molecular complexity index is 354. The maximum absolute atomic E-state index is 12.0. The number of ether oxygens (including phenoxy) is 2. The average Bonchev–Trinajstić information content (AvgIpc) is 2.65. The van der Waals surface area contributed by atoms with E-state index in [1.807, 2.05) is 13.8 Å². The normalized spacial score (nSPS) is 13.2. The van der Waals surface area contributed by atoms with E-state index >= 15 is 0 Å². The van der Waals surface area contributed by atoms with Gasteiger partial charge in [-0.2, -0.15) is 0 Å². The number of carbonyl (C=O) groups excluding carboxylic acids is 2. The minimum absolute atomic E-state index is 0.114. The van der Waals surface area contributed by atoms with Crippen LogP contribution in [0.2, 0.25) is 0 Å². The van der Waals surface area contributed by atoms with E-state index in [9.17, 15) is 9.59 Å². The van der Waals surface area contributed by atoms with Crippen LogP contribution in [0, 0.1) is 11.8 Å². The minimum Gasteiger partial charge on any atom is -0.469 e. The third-order valence-corrected chi connectivity index (χ3v) is 5.12. The van der Waals surface area contributed by atoms with Crippen molar-refractivity contribution in [1.82, 2.24) is 0 Å². The fraction of sp³-hybridized carbons (Fsp3) is 0.909. The Morgan fingerprint density at radius 1 is 0.769 bits per heavy atom. The van der Waals surface area contributed by atoms with E-state index in [0.717, 1.165) is 19.3 Å². The highest BCUT2D eigenvalue weighted by molar-refractivity contribution is 5.73. The molecular weight excluding hydrogens is 328 g/mol. The summed E-state index contributed by atoms with van der Waals surface area (Å²) in [6.45, 7) is 6.62. The average molecular weight is 371 g/mol. The van der Waals surface area contributed by atoms with Gasteiger partial charge in [-0.15, -0.1) is 0 Å². The number of hydrogen-bond acceptors (Lipinski definition) is 4. The van der Waals surface area contributed by atoms with Gasteiger partial charge in [0.25, 0.3) is 0 Å². The summed E-state index contributed by atoms with van der Waals surface area (Å²) < 4.78 is 10.2. The molecule has 154 valence electrons. The van der Waals surface area contributed by atoms with Crippen molar-refractivity contribution in [2.45, 2.75) is 104 Å². The lowest BCUT2D eigenvalue weighted by Gasteiger charge is -2.15. The van der Waals surface area contributed by atoms with Crippen LogP contribution in [-0.4, -0.2) is 25.7 Å². The number of carbonyl (C=O) groups is 2. The van der Waals surface area contributed by atoms with Crippen LogP contribution in [-0.2, 0) is 19.1 Å². The van der Waals surface area contributed by atoms with Gasteiger partial charge in [0.15, 0.2) is 0 Å². The fourth-order valence-electron chi connectivity index (χ4n) is 3.13. The Labute approximate surface area is 161 Å². The summed E-state index contributed by atoms with van der Waals surface area (Å²) in [6.07, 6.45) is 14.8. The van der Waals surface area contributed by atoms with Crippen molar-refractivity contribution < 1.29 is 19.1 Å². The van der Waals surface area contributed by atoms with E-state index in [-0.39, 0.29) is 23.8 Å². The molecule has 0 amide bonds. The molecule has 2 unspecified atom stereocenters. The van der Waals surface area contributed by atoms with Gasteiger partial charge in [-0.05, 0) is 25.7 Å². The second kappa shape index (κ2) is 17.4. The Hall–Kier alpha value is -1.06. The van der Waals surface area contributed by atoms with Crippen molar-refractivity contribution in [2.75, 3.05) is 13.7 Å². The van der Waals surface area contributed by atoms with E-state index in [1.165, 1.54) is 58.5 Å². The number of rotatable bonds is 17. The molecule has 0 aromatic heterocycles. The molecule has 0 spiro atoms. The number of hydrogen-bond donors (Lipinski definition) is 0. The lowest BCUT2D eigenvalue weighted by atomic mass is 9.95. The summed E-state index contributed by atoms with van der Waals surface area (Å²) in [6, 6.07) is 0.